The molecule has 0 aromatic carbocycles. The molecule has 8 heavy (non-hydrogen) atoms. The summed E-state index contributed by atoms with van der Waals surface area (Å²) in [5.74, 6) is 0. The SMILES string of the molecule is CC.[Y].[c-]1ccco1. The van der Waals surface area contributed by atoms with Gasteiger partial charge < -0.3 is 4.42 Å². The first-order chi connectivity index (χ1) is 3.50. The average Bonchev–Trinajstić information content (AvgIpc) is 2.23. The third kappa shape index (κ3) is 6.38. The Morgan fingerprint density at radius 1 is 1.38 bits per heavy atom. The van der Waals surface area contributed by atoms with Crippen LogP contribution >= 0.6 is 0 Å². The third-order valence-electron chi connectivity index (χ3n) is 0.379. The van der Waals surface area contributed by atoms with E-state index >= 15 is 0 Å². The van der Waals surface area contributed by atoms with Gasteiger partial charge in [0.25, 0.3) is 0 Å². The molecule has 2 heteroatoms. The maximum Gasteiger partial charge on any atom is 0 e. The van der Waals surface area contributed by atoms with Gasteiger partial charge in [-0.2, -0.15) is 6.07 Å². The zero-order valence-corrected chi connectivity index (χ0v) is 8.06. The normalized spacial score (nSPS) is 5.75. The minimum atomic E-state index is 0. The first kappa shape index (κ1) is 11.2. The van der Waals surface area contributed by atoms with Crippen LogP contribution in [0.15, 0.2) is 22.8 Å². The van der Waals surface area contributed by atoms with Crippen molar-refractivity contribution in [1.82, 2.24) is 0 Å². The van der Waals surface area contributed by atoms with Crippen molar-refractivity contribution < 1.29 is 37.1 Å². The molecule has 0 amide bonds. The smallest absolute Gasteiger partial charge is 0 e. The van der Waals surface area contributed by atoms with Gasteiger partial charge in [-0.15, -0.1) is 6.07 Å². The first-order valence-corrected chi connectivity index (χ1v) is 2.40. The summed E-state index contributed by atoms with van der Waals surface area (Å²) in [5, 5.41) is 0. The number of furan rings is 1. The van der Waals surface area contributed by atoms with Crippen LogP contribution in [0, 0.1) is 6.26 Å². The van der Waals surface area contributed by atoms with E-state index < -0.39 is 0 Å². The van der Waals surface area contributed by atoms with Crippen molar-refractivity contribution in [1.29, 1.82) is 0 Å². The molecule has 0 aliphatic carbocycles. The van der Waals surface area contributed by atoms with Crippen molar-refractivity contribution >= 4 is 0 Å². The Morgan fingerprint density at radius 3 is 2.12 bits per heavy atom. The maximum atomic E-state index is 4.46. The second-order valence-electron chi connectivity index (χ2n) is 0.731. The van der Waals surface area contributed by atoms with Crippen molar-refractivity contribution in [3.63, 3.8) is 0 Å². The topological polar surface area (TPSA) is 13.1 Å². The van der Waals surface area contributed by atoms with Crippen LogP contribution in [-0.2, 0) is 32.7 Å². The molecule has 1 aromatic heterocycles. The molecule has 1 rings (SSSR count). The van der Waals surface area contributed by atoms with Gasteiger partial charge in [0.05, 0.1) is 0 Å². The molecule has 43 valence electrons. The summed E-state index contributed by atoms with van der Waals surface area (Å²) in [6, 6.07) is 3.49. The Bertz CT molecular complexity index is 65.0. The molecule has 1 heterocycles. The van der Waals surface area contributed by atoms with E-state index in [1.54, 1.807) is 18.4 Å². The van der Waals surface area contributed by atoms with E-state index in [1.165, 1.54) is 0 Å². The van der Waals surface area contributed by atoms with E-state index in [-0.39, 0.29) is 32.7 Å². The van der Waals surface area contributed by atoms with Crippen LogP contribution in [0.25, 0.3) is 0 Å². The van der Waals surface area contributed by atoms with Crippen LogP contribution in [0.4, 0.5) is 0 Å². The van der Waals surface area contributed by atoms with E-state index in [2.05, 4.69) is 10.7 Å². The van der Waals surface area contributed by atoms with E-state index in [0.717, 1.165) is 0 Å². The molecule has 0 spiro atoms. The number of hydrogen-bond acceptors (Lipinski definition) is 1. The monoisotopic (exact) mass is 186 g/mol. The van der Waals surface area contributed by atoms with E-state index in [1.807, 2.05) is 13.8 Å². The second-order valence-corrected chi connectivity index (χ2v) is 0.731. The molecule has 0 unspecified atom stereocenters. The Labute approximate surface area is 75.3 Å². The van der Waals surface area contributed by atoms with Gasteiger partial charge in [-0.1, -0.05) is 20.1 Å². The standard InChI is InChI=1S/C4H3O.C2H6.Y/c1-2-4-5-3-1;1-2;/h1-3H;1-2H3;/q-1;;. The van der Waals surface area contributed by atoms with E-state index in [9.17, 15) is 0 Å². The van der Waals surface area contributed by atoms with Crippen molar-refractivity contribution in [3.05, 3.63) is 24.7 Å². The summed E-state index contributed by atoms with van der Waals surface area (Å²) in [6.45, 7) is 4.00. The largest absolute Gasteiger partial charge is 0.599 e. The minimum Gasteiger partial charge on any atom is -0.599 e. The average molecular weight is 186 g/mol. The van der Waals surface area contributed by atoms with Gasteiger partial charge in [0.15, 0.2) is 0 Å². The Hall–Kier alpha value is 0.384. The summed E-state index contributed by atoms with van der Waals surface area (Å²) in [5.41, 5.74) is 0. The molecule has 0 aliphatic heterocycles. The zero-order valence-electron chi connectivity index (χ0n) is 5.22. The number of hydrogen-bond donors (Lipinski definition) is 0. The molecule has 0 bridgehead atoms. The maximum absolute atomic E-state index is 4.46. The van der Waals surface area contributed by atoms with Gasteiger partial charge in [-0.3, -0.25) is 0 Å². The van der Waals surface area contributed by atoms with Gasteiger partial charge in [0.2, 0.25) is 0 Å². The zero-order chi connectivity index (χ0) is 5.54. The summed E-state index contributed by atoms with van der Waals surface area (Å²) >= 11 is 0. The van der Waals surface area contributed by atoms with E-state index in [0.29, 0.717) is 0 Å². The van der Waals surface area contributed by atoms with Crippen molar-refractivity contribution in [2.75, 3.05) is 0 Å². The van der Waals surface area contributed by atoms with Crippen LogP contribution in [0.2, 0.25) is 0 Å². The Balaban J connectivity index is 0. The van der Waals surface area contributed by atoms with Gasteiger partial charge in [0, 0.05) is 32.7 Å². The van der Waals surface area contributed by atoms with Gasteiger partial charge in [0.1, 0.15) is 0 Å². The fourth-order valence-corrected chi connectivity index (χ4v) is 0.196. The van der Waals surface area contributed by atoms with Gasteiger partial charge >= 0.3 is 0 Å². The molecule has 1 radical (unpaired) electrons. The van der Waals surface area contributed by atoms with Crippen LogP contribution in [0.5, 0.6) is 0 Å². The summed E-state index contributed by atoms with van der Waals surface area (Å²) < 4.78 is 4.46. The predicted octanol–water partition coefficient (Wildman–Crippen LogP) is 2.10. The van der Waals surface area contributed by atoms with Crippen LogP contribution in [0.1, 0.15) is 13.8 Å². The second kappa shape index (κ2) is 10.4. The van der Waals surface area contributed by atoms with Gasteiger partial charge in [-0.05, 0) is 6.26 Å². The Morgan fingerprint density at radius 2 is 2.00 bits per heavy atom. The summed E-state index contributed by atoms with van der Waals surface area (Å²) in [6.07, 6.45) is 4.06. The molecule has 0 N–H and O–H groups in total. The molecule has 0 saturated heterocycles. The summed E-state index contributed by atoms with van der Waals surface area (Å²) in [7, 11) is 0. The molecule has 0 fully saturated rings. The quantitative estimate of drug-likeness (QED) is 0.565. The van der Waals surface area contributed by atoms with Gasteiger partial charge in [-0.25, -0.2) is 0 Å². The first-order valence-electron chi connectivity index (χ1n) is 2.40. The molecule has 1 nitrogen and oxygen atoms in total. The molecular weight excluding hydrogens is 177 g/mol. The van der Waals surface area contributed by atoms with Crippen LogP contribution < -0.4 is 0 Å². The van der Waals surface area contributed by atoms with Crippen LogP contribution in [0.3, 0.4) is 0 Å². The number of rotatable bonds is 0. The fourth-order valence-electron chi connectivity index (χ4n) is 0.196. The van der Waals surface area contributed by atoms with Crippen molar-refractivity contribution in [3.8, 4) is 0 Å². The molecule has 0 atom stereocenters. The summed E-state index contributed by atoms with van der Waals surface area (Å²) in [4.78, 5) is 0. The molecule has 0 saturated carbocycles. The van der Waals surface area contributed by atoms with Crippen molar-refractivity contribution in [2.45, 2.75) is 13.8 Å². The third-order valence-corrected chi connectivity index (χ3v) is 0.379. The van der Waals surface area contributed by atoms with Crippen molar-refractivity contribution in [2.24, 2.45) is 0 Å². The Kier molecular flexibility index (Phi) is 14.6. The predicted molar refractivity (Wildman–Crippen MR) is 28.9 cm³/mol. The fraction of sp³-hybridized carbons (Fsp3) is 0.333. The van der Waals surface area contributed by atoms with E-state index in [4.69, 9.17) is 0 Å². The van der Waals surface area contributed by atoms with Crippen LogP contribution in [-0.4, -0.2) is 0 Å². The molecule has 0 aliphatic rings. The molecular formula is C6H9OY-. The minimum absolute atomic E-state index is 0. The molecule has 1 aromatic rings.